The third-order valence-corrected chi connectivity index (χ3v) is 5.48. The lowest BCUT2D eigenvalue weighted by atomic mass is 10.0. The lowest BCUT2D eigenvalue weighted by molar-refractivity contribution is -0.118. The van der Waals surface area contributed by atoms with E-state index in [1.807, 2.05) is 20.8 Å². The zero-order valence-electron chi connectivity index (χ0n) is 20.1. The van der Waals surface area contributed by atoms with Crippen molar-refractivity contribution in [2.45, 2.75) is 59.9 Å². The predicted molar refractivity (Wildman–Crippen MR) is 129 cm³/mol. The molecule has 0 saturated carbocycles. The van der Waals surface area contributed by atoms with Crippen LogP contribution in [0.5, 0.6) is 5.75 Å². The number of H-pyrrole nitrogens is 1. The number of anilines is 2. The molecule has 9 heteroatoms. The molecule has 0 aliphatic carbocycles. The number of rotatable bonds is 11. The lowest BCUT2D eigenvalue weighted by Crippen LogP contribution is -2.42. The van der Waals surface area contributed by atoms with Crippen LogP contribution in [0, 0.1) is 5.92 Å². The average Bonchev–Trinajstić information content (AvgIpc) is 2.75. The second-order valence-electron chi connectivity index (χ2n) is 8.49. The highest BCUT2D eigenvalue weighted by atomic mass is 16.5. The highest BCUT2D eigenvalue weighted by molar-refractivity contribution is 5.98. The van der Waals surface area contributed by atoms with Crippen LogP contribution in [0.25, 0.3) is 0 Å². The summed E-state index contributed by atoms with van der Waals surface area (Å²) in [4.78, 5) is 54.1. The minimum Gasteiger partial charge on any atom is -0.496 e. The van der Waals surface area contributed by atoms with Crippen LogP contribution >= 0.6 is 0 Å². The number of Topliss-reactive ketones (excluding diaryl/α,β-unsaturated/α-hetero) is 1. The van der Waals surface area contributed by atoms with Gasteiger partial charge in [0.25, 0.3) is 5.56 Å². The maximum absolute atomic E-state index is 13.5. The number of hydrogen-bond acceptors (Lipinski definition) is 6. The molecule has 0 atom stereocenters. The Morgan fingerprint density at radius 2 is 1.94 bits per heavy atom. The van der Waals surface area contributed by atoms with E-state index in [4.69, 9.17) is 10.5 Å². The van der Waals surface area contributed by atoms with Crippen molar-refractivity contribution in [1.82, 2.24) is 9.55 Å². The fourth-order valence-electron chi connectivity index (χ4n) is 3.52. The number of aromatic amines is 1. The summed E-state index contributed by atoms with van der Waals surface area (Å²) in [6, 6.07) is 4.90. The molecule has 1 aromatic carbocycles. The number of nitrogen functional groups attached to an aromatic ring is 1. The normalized spacial score (nSPS) is 11.0. The van der Waals surface area contributed by atoms with Gasteiger partial charge in [-0.2, -0.15) is 0 Å². The van der Waals surface area contributed by atoms with Crippen LogP contribution in [0.3, 0.4) is 0 Å². The molecular formula is C24H34N4O5. The van der Waals surface area contributed by atoms with Crippen LogP contribution in [0.1, 0.15) is 62.9 Å². The standard InChI is InChI=1S/C24H34N4O5/c1-6-7-11-28-22(25)21(23(31)26-24(28)32)27(12-10-15(2)3)20(30)14-18-13-17(16(4)29)8-9-19(18)33-5/h8-9,13,15H,6-7,10-12,14,25H2,1-5H3,(H,26,31,32). The quantitative estimate of drug-likeness (QED) is 0.499. The summed E-state index contributed by atoms with van der Waals surface area (Å²) in [6.07, 6.45) is 2.06. The maximum Gasteiger partial charge on any atom is 0.330 e. The van der Waals surface area contributed by atoms with Gasteiger partial charge in [0.05, 0.1) is 13.5 Å². The van der Waals surface area contributed by atoms with Crippen LogP contribution in [-0.4, -0.2) is 34.9 Å². The topological polar surface area (TPSA) is 127 Å². The largest absolute Gasteiger partial charge is 0.496 e. The third-order valence-electron chi connectivity index (χ3n) is 5.48. The van der Waals surface area contributed by atoms with Gasteiger partial charge in [0.1, 0.15) is 11.6 Å². The van der Waals surface area contributed by atoms with Gasteiger partial charge >= 0.3 is 5.69 Å². The van der Waals surface area contributed by atoms with E-state index in [-0.39, 0.29) is 42.1 Å². The summed E-state index contributed by atoms with van der Waals surface area (Å²) in [5.74, 6) is 0.187. The molecule has 180 valence electrons. The Balaban J connectivity index is 2.55. The number of unbranched alkanes of at least 4 members (excludes halogenated alkanes) is 1. The van der Waals surface area contributed by atoms with Crippen LogP contribution in [0.15, 0.2) is 27.8 Å². The molecule has 0 aliphatic heterocycles. The Morgan fingerprint density at radius 3 is 2.52 bits per heavy atom. The van der Waals surface area contributed by atoms with Gasteiger partial charge in [-0.3, -0.25) is 23.9 Å². The monoisotopic (exact) mass is 458 g/mol. The number of benzene rings is 1. The second kappa shape index (κ2) is 11.5. The van der Waals surface area contributed by atoms with Gasteiger partial charge in [0.15, 0.2) is 11.5 Å². The van der Waals surface area contributed by atoms with Crippen molar-refractivity contribution in [2.24, 2.45) is 5.92 Å². The molecule has 0 bridgehead atoms. The fraction of sp³-hybridized carbons (Fsp3) is 0.500. The van der Waals surface area contributed by atoms with Crippen molar-refractivity contribution in [1.29, 1.82) is 0 Å². The molecular weight excluding hydrogens is 424 g/mol. The first-order valence-corrected chi connectivity index (χ1v) is 11.2. The lowest BCUT2D eigenvalue weighted by Gasteiger charge is -2.25. The van der Waals surface area contributed by atoms with Crippen molar-refractivity contribution in [3.05, 3.63) is 50.2 Å². The Morgan fingerprint density at radius 1 is 1.24 bits per heavy atom. The Kier molecular flexibility index (Phi) is 9.02. The Hall–Kier alpha value is -3.36. The number of carbonyl (C=O) groups excluding carboxylic acids is 2. The van der Waals surface area contributed by atoms with Crippen molar-refractivity contribution < 1.29 is 14.3 Å². The smallest absolute Gasteiger partial charge is 0.330 e. The summed E-state index contributed by atoms with van der Waals surface area (Å²) in [7, 11) is 1.49. The number of amides is 1. The molecule has 0 aliphatic rings. The number of ketones is 1. The Bertz CT molecular complexity index is 1120. The number of hydrogen-bond donors (Lipinski definition) is 2. The molecule has 0 unspecified atom stereocenters. The molecule has 2 aromatic rings. The zero-order valence-corrected chi connectivity index (χ0v) is 20.1. The molecule has 1 aromatic heterocycles. The first kappa shape index (κ1) is 25.9. The maximum atomic E-state index is 13.5. The van der Waals surface area contributed by atoms with E-state index in [0.29, 0.717) is 36.3 Å². The average molecular weight is 459 g/mol. The molecule has 1 amide bonds. The Labute approximate surface area is 193 Å². The van der Waals surface area contributed by atoms with Gasteiger partial charge < -0.3 is 15.4 Å². The second-order valence-corrected chi connectivity index (χ2v) is 8.49. The SMILES string of the molecule is CCCCn1c(N)c(N(CCC(C)C)C(=O)Cc2cc(C(C)=O)ccc2OC)c(=O)[nH]c1=O. The molecule has 9 nitrogen and oxygen atoms in total. The minimum atomic E-state index is -0.702. The van der Waals surface area contributed by atoms with Gasteiger partial charge in [-0.15, -0.1) is 0 Å². The summed E-state index contributed by atoms with van der Waals surface area (Å²) < 4.78 is 6.67. The van der Waals surface area contributed by atoms with Gasteiger partial charge in [0.2, 0.25) is 5.91 Å². The first-order valence-electron chi connectivity index (χ1n) is 11.2. The summed E-state index contributed by atoms with van der Waals surface area (Å²) >= 11 is 0. The number of aromatic nitrogens is 2. The van der Waals surface area contributed by atoms with Crippen molar-refractivity contribution >= 4 is 23.2 Å². The number of nitrogens with two attached hydrogens (primary N) is 1. The number of nitrogens with one attached hydrogen (secondary N) is 1. The van der Waals surface area contributed by atoms with Gasteiger partial charge in [-0.25, -0.2) is 4.79 Å². The number of nitrogens with zero attached hydrogens (tertiary/aromatic N) is 2. The summed E-state index contributed by atoms with van der Waals surface area (Å²) in [5.41, 5.74) is 5.92. The van der Waals surface area contributed by atoms with Crippen LogP contribution in [0.4, 0.5) is 11.5 Å². The summed E-state index contributed by atoms with van der Waals surface area (Å²) in [6.45, 7) is 8.04. The molecule has 0 fully saturated rings. The molecule has 0 spiro atoms. The van der Waals surface area contributed by atoms with Crippen LogP contribution < -0.4 is 26.6 Å². The zero-order chi connectivity index (χ0) is 24.7. The molecule has 0 radical (unpaired) electrons. The third kappa shape index (κ3) is 6.34. The first-order chi connectivity index (χ1) is 15.6. The number of methoxy groups -OCH3 is 1. The van der Waals surface area contributed by atoms with E-state index < -0.39 is 11.2 Å². The molecule has 1 heterocycles. The van der Waals surface area contributed by atoms with E-state index in [2.05, 4.69) is 4.98 Å². The molecule has 2 rings (SSSR count). The van der Waals surface area contributed by atoms with E-state index in [9.17, 15) is 19.2 Å². The fourth-order valence-corrected chi connectivity index (χ4v) is 3.52. The minimum absolute atomic E-state index is 0.0289. The van der Waals surface area contributed by atoms with E-state index in [1.54, 1.807) is 18.2 Å². The van der Waals surface area contributed by atoms with Crippen molar-refractivity contribution in [3.8, 4) is 5.75 Å². The van der Waals surface area contributed by atoms with Crippen molar-refractivity contribution in [2.75, 3.05) is 24.3 Å². The number of carbonyl (C=O) groups is 2. The van der Waals surface area contributed by atoms with Gasteiger partial charge in [-0.1, -0.05) is 27.2 Å². The van der Waals surface area contributed by atoms with Crippen LogP contribution in [0.2, 0.25) is 0 Å². The highest BCUT2D eigenvalue weighted by Crippen LogP contribution is 2.24. The molecule has 0 saturated heterocycles. The van der Waals surface area contributed by atoms with E-state index in [1.165, 1.54) is 23.5 Å². The highest BCUT2D eigenvalue weighted by Gasteiger charge is 2.25. The van der Waals surface area contributed by atoms with Gasteiger partial charge in [0, 0.05) is 24.2 Å². The molecule has 3 N–H and O–H groups in total. The van der Waals surface area contributed by atoms with Crippen molar-refractivity contribution in [3.63, 3.8) is 0 Å². The van der Waals surface area contributed by atoms with Crippen LogP contribution in [-0.2, 0) is 17.8 Å². The predicted octanol–water partition coefficient (Wildman–Crippen LogP) is 2.75. The van der Waals surface area contributed by atoms with Gasteiger partial charge in [-0.05, 0) is 43.9 Å². The summed E-state index contributed by atoms with van der Waals surface area (Å²) in [5, 5.41) is 0. The molecule has 33 heavy (non-hydrogen) atoms. The van der Waals surface area contributed by atoms with E-state index >= 15 is 0 Å². The van der Waals surface area contributed by atoms with E-state index in [0.717, 1.165) is 6.42 Å². The number of ether oxygens (including phenoxy) is 1.